The first kappa shape index (κ1) is 18.6. The number of fused-ring (bicyclic) bond motifs is 2. The van der Waals surface area contributed by atoms with E-state index in [-0.39, 0.29) is 11.4 Å². The molecule has 0 fully saturated rings. The number of aromatic nitrogens is 2. The zero-order chi connectivity index (χ0) is 20.1. The Morgan fingerprint density at radius 2 is 1.79 bits per heavy atom. The van der Waals surface area contributed by atoms with Gasteiger partial charge in [-0.2, -0.15) is 5.10 Å². The molecule has 0 saturated carbocycles. The highest BCUT2D eigenvalue weighted by Gasteiger charge is 2.38. The van der Waals surface area contributed by atoms with Gasteiger partial charge in [-0.15, -0.1) is 0 Å². The van der Waals surface area contributed by atoms with Crippen molar-refractivity contribution in [1.82, 2.24) is 14.5 Å². The number of carbonyl (C=O) groups is 1. The molecule has 0 radical (unpaired) electrons. The molecule has 1 amide bonds. The number of amides is 1. The highest BCUT2D eigenvalue weighted by Crippen LogP contribution is 2.38. The largest absolute Gasteiger partial charge is 0.493 e. The summed E-state index contributed by atoms with van der Waals surface area (Å²) < 4.78 is 12.5. The van der Waals surface area contributed by atoms with Gasteiger partial charge in [0.05, 0.1) is 24.8 Å². The van der Waals surface area contributed by atoms with E-state index < -0.39 is 0 Å². The van der Waals surface area contributed by atoms with Gasteiger partial charge in [-0.1, -0.05) is 11.6 Å². The van der Waals surface area contributed by atoms with Gasteiger partial charge in [0, 0.05) is 18.3 Å². The van der Waals surface area contributed by atoms with Crippen LogP contribution in [0.1, 0.15) is 35.5 Å². The standard InChI is InChI=1S/C21H22ClN3O3/c1-21(2)10-13-7-18(27-3)19(28-4)8-14(13)11-24(21)20(26)17-9-16-6-5-15(22)12-25(16)23-17/h5-9,12H,10-11H2,1-4H3. The van der Waals surface area contributed by atoms with E-state index in [2.05, 4.69) is 18.9 Å². The number of pyridine rings is 1. The van der Waals surface area contributed by atoms with Crippen LogP contribution < -0.4 is 9.47 Å². The molecule has 0 saturated heterocycles. The van der Waals surface area contributed by atoms with Crippen LogP contribution in [0.5, 0.6) is 11.5 Å². The first-order valence-corrected chi connectivity index (χ1v) is 9.41. The van der Waals surface area contributed by atoms with Gasteiger partial charge in [0.25, 0.3) is 5.91 Å². The molecule has 1 aliphatic rings. The summed E-state index contributed by atoms with van der Waals surface area (Å²) in [5, 5.41) is 5.00. The second-order valence-electron chi connectivity index (χ2n) is 7.60. The van der Waals surface area contributed by atoms with Crippen molar-refractivity contribution in [2.75, 3.05) is 14.2 Å². The van der Waals surface area contributed by atoms with E-state index in [1.54, 1.807) is 37.1 Å². The van der Waals surface area contributed by atoms with Crippen LogP contribution in [0.15, 0.2) is 36.5 Å². The van der Waals surface area contributed by atoms with Gasteiger partial charge in [-0.3, -0.25) is 4.79 Å². The molecule has 3 heterocycles. The Morgan fingerprint density at radius 3 is 2.46 bits per heavy atom. The van der Waals surface area contributed by atoms with Crippen molar-refractivity contribution >= 4 is 23.0 Å². The maximum Gasteiger partial charge on any atom is 0.275 e. The number of benzene rings is 1. The van der Waals surface area contributed by atoms with E-state index in [0.717, 1.165) is 16.6 Å². The van der Waals surface area contributed by atoms with Crippen molar-refractivity contribution in [1.29, 1.82) is 0 Å². The van der Waals surface area contributed by atoms with E-state index in [0.29, 0.717) is 35.2 Å². The molecule has 1 aliphatic heterocycles. The number of rotatable bonds is 3. The SMILES string of the molecule is COc1cc2c(cc1OC)CC(C)(C)N(C(=O)c1cc3ccc(Cl)cn3n1)C2. The Bertz CT molecular complexity index is 1070. The molecule has 4 rings (SSSR count). The van der Waals surface area contributed by atoms with Crippen molar-refractivity contribution in [3.05, 3.63) is 58.4 Å². The molecule has 0 unspecified atom stereocenters. The summed E-state index contributed by atoms with van der Waals surface area (Å²) in [5.74, 6) is 1.26. The van der Waals surface area contributed by atoms with E-state index >= 15 is 0 Å². The van der Waals surface area contributed by atoms with Crippen LogP contribution in [0.3, 0.4) is 0 Å². The lowest BCUT2D eigenvalue weighted by atomic mass is 9.85. The number of ether oxygens (including phenoxy) is 2. The Hall–Kier alpha value is -2.73. The zero-order valence-electron chi connectivity index (χ0n) is 16.3. The van der Waals surface area contributed by atoms with Crippen LogP contribution in [0.4, 0.5) is 0 Å². The molecular formula is C21H22ClN3O3. The summed E-state index contributed by atoms with van der Waals surface area (Å²) >= 11 is 6.03. The second-order valence-corrected chi connectivity index (χ2v) is 8.04. The lowest BCUT2D eigenvalue weighted by Gasteiger charge is -2.43. The molecule has 0 bridgehead atoms. The summed E-state index contributed by atoms with van der Waals surface area (Å²) in [6.45, 7) is 4.62. The summed E-state index contributed by atoms with van der Waals surface area (Å²) in [5.41, 5.74) is 3.08. The van der Waals surface area contributed by atoms with Gasteiger partial charge < -0.3 is 14.4 Å². The highest BCUT2D eigenvalue weighted by molar-refractivity contribution is 6.30. The van der Waals surface area contributed by atoms with E-state index in [1.807, 2.05) is 23.1 Å². The fourth-order valence-electron chi connectivity index (χ4n) is 3.77. The first-order valence-electron chi connectivity index (χ1n) is 9.03. The van der Waals surface area contributed by atoms with Crippen molar-refractivity contribution < 1.29 is 14.3 Å². The van der Waals surface area contributed by atoms with Crippen LogP contribution in [0.25, 0.3) is 5.52 Å². The Labute approximate surface area is 168 Å². The lowest BCUT2D eigenvalue weighted by Crippen LogP contribution is -2.51. The van der Waals surface area contributed by atoms with E-state index in [9.17, 15) is 4.79 Å². The molecule has 6 nitrogen and oxygen atoms in total. The quantitative estimate of drug-likeness (QED) is 0.668. The maximum absolute atomic E-state index is 13.3. The van der Waals surface area contributed by atoms with E-state index in [4.69, 9.17) is 21.1 Å². The molecule has 146 valence electrons. The van der Waals surface area contributed by atoms with Crippen LogP contribution >= 0.6 is 11.6 Å². The fraction of sp³-hybridized carbons (Fsp3) is 0.333. The third-order valence-electron chi connectivity index (χ3n) is 5.28. The topological polar surface area (TPSA) is 56.1 Å². The molecule has 0 spiro atoms. The Kier molecular flexibility index (Phi) is 4.46. The van der Waals surface area contributed by atoms with Crippen molar-refractivity contribution in [3.8, 4) is 11.5 Å². The van der Waals surface area contributed by atoms with Gasteiger partial charge >= 0.3 is 0 Å². The van der Waals surface area contributed by atoms with Crippen LogP contribution in [-0.4, -0.2) is 40.2 Å². The van der Waals surface area contributed by atoms with Crippen molar-refractivity contribution in [2.24, 2.45) is 0 Å². The van der Waals surface area contributed by atoms with Gasteiger partial charge in [-0.25, -0.2) is 4.52 Å². The Balaban J connectivity index is 1.71. The monoisotopic (exact) mass is 399 g/mol. The summed E-state index contributed by atoms with van der Waals surface area (Å²) in [4.78, 5) is 15.2. The smallest absolute Gasteiger partial charge is 0.275 e. The minimum atomic E-state index is -0.364. The third-order valence-corrected chi connectivity index (χ3v) is 5.50. The minimum absolute atomic E-state index is 0.106. The molecule has 28 heavy (non-hydrogen) atoms. The highest BCUT2D eigenvalue weighted by atomic mass is 35.5. The summed E-state index contributed by atoms with van der Waals surface area (Å²) in [7, 11) is 3.24. The van der Waals surface area contributed by atoms with Crippen molar-refractivity contribution in [3.63, 3.8) is 0 Å². The molecule has 3 aromatic rings. The molecule has 0 atom stereocenters. The predicted molar refractivity (Wildman–Crippen MR) is 107 cm³/mol. The molecule has 7 heteroatoms. The van der Waals surface area contributed by atoms with Crippen molar-refractivity contribution in [2.45, 2.75) is 32.4 Å². The predicted octanol–water partition coefficient (Wildman–Crippen LogP) is 3.98. The van der Waals surface area contributed by atoms with Gasteiger partial charge in [0.15, 0.2) is 17.2 Å². The van der Waals surface area contributed by atoms with Gasteiger partial charge in [0.1, 0.15) is 0 Å². The zero-order valence-corrected chi connectivity index (χ0v) is 17.1. The first-order chi connectivity index (χ1) is 13.3. The molecule has 1 aromatic carbocycles. The van der Waals surface area contributed by atoms with Gasteiger partial charge in [-0.05, 0) is 61.7 Å². The number of hydrogen-bond donors (Lipinski definition) is 0. The van der Waals surface area contributed by atoms with Crippen LogP contribution in [0.2, 0.25) is 5.02 Å². The minimum Gasteiger partial charge on any atom is -0.493 e. The third kappa shape index (κ3) is 3.07. The molecule has 0 aliphatic carbocycles. The van der Waals surface area contributed by atoms with Crippen LogP contribution in [-0.2, 0) is 13.0 Å². The maximum atomic E-state index is 13.3. The average Bonchev–Trinajstić information content (AvgIpc) is 3.08. The molecule has 2 aromatic heterocycles. The number of nitrogens with zero attached hydrogens (tertiary/aromatic N) is 3. The van der Waals surface area contributed by atoms with Gasteiger partial charge in [0.2, 0.25) is 0 Å². The lowest BCUT2D eigenvalue weighted by molar-refractivity contribution is 0.0481. The number of carbonyl (C=O) groups excluding carboxylic acids is 1. The number of methoxy groups -OCH3 is 2. The van der Waals surface area contributed by atoms with Crippen LogP contribution in [0, 0.1) is 0 Å². The number of halogens is 1. The fourth-order valence-corrected chi connectivity index (χ4v) is 3.93. The summed E-state index contributed by atoms with van der Waals surface area (Å²) in [6, 6.07) is 9.38. The normalized spacial score (nSPS) is 15.4. The second kappa shape index (κ2) is 6.71. The summed E-state index contributed by atoms with van der Waals surface area (Å²) in [6.07, 6.45) is 2.41. The molecular weight excluding hydrogens is 378 g/mol. The Morgan fingerprint density at radius 1 is 1.11 bits per heavy atom. The molecule has 0 N–H and O–H groups in total. The average molecular weight is 400 g/mol. The van der Waals surface area contributed by atoms with E-state index in [1.165, 1.54) is 0 Å². The number of hydrogen-bond acceptors (Lipinski definition) is 4.